The normalized spacial score (nSPS) is 11.5. The monoisotopic (exact) mass is 467 g/mol. The molecule has 1 amide bonds. The van der Waals surface area contributed by atoms with Gasteiger partial charge in [0.2, 0.25) is 5.91 Å². The van der Waals surface area contributed by atoms with Crippen LogP contribution in [-0.4, -0.2) is 72.9 Å². The summed E-state index contributed by atoms with van der Waals surface area (Å²) in [5.41, 5.74) is 0. The maximum absolute atomic E-state index is 10.8. The molecular formula is C22H47N2O6S+. The van der Waals surface area contributed by atoms with Crippen molar-refractivity contribution in [1.29, 1.82) is 0 Å². The van der Waals surface area contributed by atoms with Gasteiger partial charge >= 0.3 is 5.97 Å². The molecule has 0 unspecified atom stereocenters. The summed E-state index contributed by atoms with van der Waals surface area (Å²) in [6.45, 7) is 14.8. The molecule has 0 rings (SSSR count). The van der Waals surface area contributed by atoms with Crippen LogP contribution in [0.3, 0.4) is 0 Å². The lowest BCUT2D eigenvalue weighted by Gasteiger charge is -2.39. The number of quaternary nitrogens is 1. The zero-order valence-corrected chi connectivity index (χ0v) is 21.0. The van der Waals surface area contributed by atoms with Crippen LogP contribution in [0.4, 0.5) is 0 Å². The van der Waals surface area contributed by atoms with Gasteiger partial charge in [-0.2, -0.15) is 8.42 Å². The first kappa shape index (κ1) is 32.0. The molecule has 0 aromatic heterocycles. The summed E-state index contributed by atoms with van der Waals surface area (Å²) in [6.07, 6.45) is 10.5. The molecule has 0 aliphatic heterocycles. The van der Waals surface area contributed by atoms with Crippen LogP contribution in [0.1, 0.15) is 91.9 Å². The smallest absolute Gasteiger partial charge is 0.303 e. The van der Waals surface area contributed by atoms with Gasteiger partial charge in [0, 0.05) is 13.0 Å². The Morgan fingerprint density at radius 1 is 0.774 bits per heavy atom. The van der Waals surface area contributed by atoms with Gasteiger partial charge in [-0.1, -0.05) is 53.4 Å². The standard InChI is InChI=1S/C16H36N.C6H11NO6S/c1-5-9-13-17(14-10-6-2,15-11-7-3)16-12-8-4;8-5(1-2-6(9)10)7-3-4-14(11,12)13/h5-16H2,1-4H3;1-4H2,(H,7,8)(H,9,10)(H,11,12,13)/q+1;. The third-order valence-electron chi connectivity index (χ3n) is 5.19. The molecule has 9 heteroatoms. The third kappa shape index (κ3) is 21.8. The summed E-state index contributed by atoms with van der Waals surface area (Å²) in [5.74, 6) is -2.24. The Bertz CT molecular complexity index is 529. The minimum Gasteiger partial charge on any atom is -0.481 e. The minimum atomic E-state index is -4.08. The third-order valence-corrected chi connectivity index (χ3v) is 5.91. The van der Waals surface area contributed by atoms with Crippen molar-refractivity contribution in [1.82, 2.24) is 5.32 Å². The van der Waals surface area contributed by atoms with Crippen molar-refractivity contribution in [3.63, 3.8) is 0 Å². The molecular weight excluding hydrogens is 420 g/mol. The van der Waals surface area contributed by atoms with Gasteiger partial charge in [0.05, 0.1) is 38.4 Å². The fourth-order valence-corrected chi connectivity index (χ4v) is 3.63. The van der Waals surface area contributed by atoms with E-state index in [1.165, 1.54) is 82.0 Å². The second-order valence-corrected chi connectivity index (χ2v) is 9.75. The van der Waals surface area contributed by atoms with Gasteiger partial charge in [-0.15, -0.1) is 0 Å². The molecule has 0 atom stereocenters. The van der Waals surface area contributed by atoms with Crippen LogP contribution in [0, 0.1) is 0 Å². The second kappa shape index (κ2) is 19.5. The predicted octanol–water partition coefficient (Wildman–Crippen LogP) is 3.86. The van der Waals surface area contributed by atoms with Gasteiger partial charge in [0.1, 0.15) is 0 Å². The molecule has 0 aromatic rings. The number of carboxylic acids is 1. The van der Waals surface area contributed by atoms with Crippen molar-refractivity contribution in [2.24, 2.45) is 0 Å². The fourth-order valence-electron chi connectivity index (χ4n) is 3.27. The highest BCUT2D eigenvalue weighted by molar-refractivity contribution is 7.85. The van der Waals surface area contributed by atoms with Crippen LogP contribution in [-0.2, 0) is 19.7 Å². The number of unbranched alkanes of at least 4 members (excludes halogenated alkanes) is 4. The summed E-state index contributed by atoms with van der Waals surface area (Å²) < 4.78 is 30.1. The first-order chi connectivity index (χ1) is 14.6. The zero-order valence-electron chi connectivity index (χ0n) is 20.2. The maximum atomic E-state index is 10.8. The second-order valence-electron chi connectivity index (χ2n) is 8.18. The molecule has 0 saturated carbocycles. The Morgan fingerprint density at radius 2 is 1.16 bits per heavy atom. The molecule has 186 valence electrons. The van der Waals surface area contributed by atoms with Gasteiger partial charge < -0.3 is 14.9 Å². The van der Waals surface area contributed by atoms with Crippen molar-refractivity contribution in [3.05, 3.63) is 0 Å². The van der Waals surface area contributed by atoms with Gasteiger partial charge in [-0.05, 0) is 25.7 Å². The van der Waals surface area contributed by atoms with E-state index in [2.05, 4.69) is 33.0 Å². The lowest BCUT2D eigenvalue weighted by Crippen LogP contribution is -2.50. The number of amides is 1. The zero-order chi connectivity index (χ0) is 24.2. The number of nitrogens with one attached hydrogen (secondary N) is 1. The average molecular weight is 468 g/mol. The molecule has 0 heterocycles. The quantitative estimate of drug-likeness (QED) is 0.208. The van der Waals surface area contributed by atoms with Crippen LogP contribution in [0.15, 0.2) is 0 Å². The average Bonchev–Trinajstić information content (AvgIpc) is 2.70. The first-order valence-corrected chi connectivity index (χ1v) is 13.4. The van der Waals surface area contributed by atoms with Crippen molar-refractivity contribution in [2.45, 2.75) is 91.9 Å². The number of hydrogen-bond donors (Lipinski definition) is 3. The Kier molecular flexibility index (Phi) is 20.1. The molecule has 0 bridgehead atoms. The van der Waals surface area contributed by atoms with E-state index in [0.29, 0.717) is 0 Å². The van der Waals surface area contributed by atoms with E-state index >= 15 is 0 Å². The van der Waals surface area contributed by atoms with Gasteiger partial charge in [0.25, 0.3) is 10.1 Å². The predicted molar refractivity (Wildman–Crippen MR) is 126 cm³/mol. The lowest BCUT2D eigenvalue weighted by molar-refractivity contribution is -0.929. The molecule has 0 aliphatic rings. The molecule has 3 N–H and O–H groups in total. The number of rotatable bonds is 18. The number of aliphatic carboxylic acids is 1. The van der Waals surface area contributed by atoms with Gasteiger partial charge in [0.15, 0.2) is 0 Å². The highest BCUT2D eigenvalue weighted by Crippen LogP contribution is 2.16. The van der Waals surface area contributed by atoms with Crippen molar-refractivity contribution >= 4 is 22.0 Å². The molecule has 8 nitrogen and oxygen atoms in total. The Balaban J connectivity index is 0. The fraction of sp³-hybridized carbons (Fsp3) is 0.909. The lowest BCUT2D eigenvalue weighted by atomic mass is 10.1. The van der Waals surface area contributed by atoms with E-state index in [9.17, 15) is 18.0 Å². The minimum absolute atomic E-state index is 0.208. The van der Waals surface area contributed by atoms with Crippen molar-refractivity contribution < 1.29 is 32.1 Å². The number of carboxylic acid groups (broad SMARTS) is 1. The van der Waals surface area contributed by atoms with E-state index in [0.717, 1.165) is 0 Å². The molecule has 0 aromatic carbocycles. The summed E-state index contributed by atoms with van der Waals surface area (Å²) >= 11 is 0. The molecule has 31 heavy (non-hydrogen) atoms. The first-order valence-electron chi connectivity index (χ1n) is 11.8. The maximum Gasteiger partial charge on any atom is 0.303 e. The molecule has 0 aliphatic carbocycles. The van der Waals surface area contributed by atoms with Gasteiger partial charge in [-0.25, -0.2) is 0 Å². The summed E-state index contributed by atoms with van der Waals surface area (Å²) in [6, 6.07) is 0. The number of carbonyl (C=O) groups excluding carboxylic acids is 1. The van der Waals surface area contributed by atoms with E-state index in [1.54, 1.807) is 0 Å². The number of nitrogens with zero attached hydrogens (tertiary/aromatic N) is 1. The molecule has 0 radical (unpaired) electrons. The number of carbonyl (C=O) groups is 2. The summed E-state index contributed by atoms with van der Waals surface area (Å²) in [4.78, 5) is 20.8. The Labute approximate surface area is 190 Å². The van der Waals surface area contributed by atoms with E-state index in [4.69, 9.17) is 9.66 Å². The van der Waals surface area contributed by atoms with Crippen LogP contribution in [0.25, 0.3) is 0 Å². The van der Waals surface area contributed by atoms with Crippen molar-refractivity contribution in [2.75, 3.05) is 38.5 Å². The summed E-state index contributed by atoms with van der Waals surface area (Å²) in [7, 11) is -4.08. The summed E-state index contributed by atoms with van der Waals surface area (Å²) in [5, 5.41) is 10.4. The Hall–Kier alpha value is -1.19. The van der Waals surface area contributed by atoms with Crippen LogP contribution < -0.4 is 5.32 Å². The Morgan fingerprint density at radius 3 is 1.45 bits per heavy atom. The van der Waals surface area contributed by atoms with E-state index in [1.807, 2.05) is 0 Å². The topological polar surface area (TPSA) is 121 Å². The highest BCUT2D eigenvalue weighted by atomic mass is 32.2. The largest absolute Gasteiger partial charge is 0.481 e. The van der Waals surface area contributed by atoms with Gasteiger partial charge in [-0.3, -0.25) is 14.1 Å². The number of hydrogen-bond acceptors (Lipinski definition) is 4. The van der Waals surface area contributed by atoms with Crippen molar-refractivity contribution in [3.8, 4) is 0 Å². The molecule has 0 spiro atoms. The van der Waals surface area contributed by atoms with Crippen LogP contribution >= 0.6 is 0 Å². The highest BCUT2D eigenvalue weighted by Gasteiger charge is 2.24. The van der Waals surface area contributed by atoms with E-state index in [-0.39, 0.29) is 19.4 Å². The molecule has 0 saturated heterocycles. The van der Waals surface area contributed by atoms with E-state index < -0.39 is 27.7 Å². The van der Waals surface area contributed by atoms with Crippen LogP contribution in [0.5, 0.6) is 0 Å². The van der Waals surface area contributed by atoms with Crippen LogP contribution in [0.2, 0.25) is 0 Å². The SMILES string of the molecule is CCCC[N+](CCCC)(CCCC)CCCC.O=C(O)CCC(=O)NCCS(=O)(=O)O. The molecule has 0 fully saturated rings.